The number of anilines is 1. The Hall–Kier alpha value is -1.97. The van der Waals surface area contributed by atoms with Crippen molar-refractivity contribution in [3.63, 3.8) is 0 Å². The predicted octanol–water partition coefficient (Wildman–Crippen LogP) is 2.38. The summed E-state index contributed by atoms with van der Waals surface area (Å²) in [4.78, 5) is 27.1. The summed E-state index contributed by atoms with van der Waals surface area (Å²) in [7, 11) is 0. The van der Waals surface area contributed by atoms with Gasteiger partial charge in [-0.15, -0.1) is 0 Å². The number of hydrogen-bond acceptors (Lipinski definition) is 4. The topological polar surface area (TPSA) is 70.1 Å². The molecule has 1 atom stereocenters. The molecule has 1 fully saturated rings. The van der Waals surface area contributed by atoms with E-state index in [0.29, 0.717) is 12.1 Å². The Bertz CT molecular complexity index is 763. The normalized spacial score (nSPS) is 17.6. The quantitative estimate of drug-likeness (QED) is 0.731. The summed E-state index contributed by atoms with van der Waals surface area (Å²) in [5, 5.41) is 9.45. The van der Waals surface area contributed by atoms with Gasteiger partial charge in [0.15, 0.2) is 11.6 Å². The Balaban J connectivity index is 0.00000280. The molecule has 1 aromatic rings. The summed E-state index contributed by atoms with van der Waals surface area (Å²) in [5.74, 6) is -1.49. The molecule has 1 N–H and O–H groups in total. The maximum absolute atomic E-state index is 14.8. The zero-order valence-corrected chi connectivity index (χ0v) is 15.7. The van der Waals surface area contributed by atoms with Gasteiger partial charge in [0, 0.05) is 19.2 Å². The fourth-order valence-corrected chi connectivity index (χ4v) is 3.57. The summed E-state index contributed by atoms with van der Waals surface area (Å²) in [6.07, 6.45) is 3.66. The van der Waals surface area contributed by atoms with Gasteiger partial charge in [-0.1, -0.05) is 19.9 Å². The van der Waals surface area contributed by atoms with Crippen molar-refractivity contribution >= 4 is 36.4 Å². The fourth-order valence-electron chi connectivity index (χ4n) is 3.57. The Morgan fingerprint density at radius 2 is 1.96 bits per heavy atom. The number of nitrogens with zero attached hydrogens (tertiary/aromatic N) is 2. The van der Waals surface area contributed by atoms with Crippen molar-refractivity contribution in [2.45, 2.75) is 39.2 Å². The van der Waals surface area contributed by atoms with Crippen LogP contribution < -0.4 is 9.64 Å². The first-order valence-corrected chi connectivity index (χ1v) is 9.32. The first-order valence-electron chi connectivity index (χ1n) is 9.32. The summed E-state index contributed by atoms with van der Waals surface area (Å²) in [6.45, 7) is 5.45. The molecule has 0 radical (unpaired) electrons. The number of carboxylic acids is 1. The number of rotatable bonds is 7. The molecule has 2 heterocycles. The van der Waals surface area contributed by atoms with Gasteiger partial charge in [0.05, 0.1) is 12.2 Å². The maximum atomic E-state index is 14.8. The summed E-state index contributed by atoms with van der Waals surface area (Å²) < 4.78 is 20.5. The number of benzene rings is 1. The number of amides is 1. The van der Waals surface area contributed by atoms with Crippen LogP contribution in [0.25, 0.3) is 0 Å². The Labute approximate surface area is 176 Å². The van der Waals surface area contributed by atoms with Crippen LogP contribution in [0.5, 0.6) is 5.75 Å². The Morgan fingerprint density at radius 3 is 2.57 bits per heavy atom. The number of ether oxygens (including phenoxy) is 1. The average molecular weight is 384 g/mol. The van der Waals surface area contributed by atoms with Crippen LogP contribution in [0.3, 0.4) is 0 Å². The molecule has 8 heteroatoms. The van der Waals surface area contributed by atoms with Crippen LogP contribution in [0.2, 0.25) is 0 Å². The Kier molecular flexibility index (Phi) is 7.56. The van der Waals surface area contributed by atoms with Crippen LogP contribution in [0.15, 0.2) is 30.0 Å². The number of aliphatic carboxylic acids is 1. The molecule has 0 unspecified atom stereocenters. The van der Waals surface area contributed by atoms with Gasteiger partial charge in [-0.25, -0.2) is 9.18 Å². The zero-order valence-electron chi connectivity index (χ0n) is 15.7. The van der Waals surface area contributed by atoms with Crippen molar-refractivity contribution in [3.05, 3.63) is 35.9 Å². The average Bonchev–Trinajstić information content (AvgIpc) is 3.24. The molecular weight excluding hydrogens is 358 g/mol. The van der Waals surface area contributed by atoms with Gasteiger partial charge >= 0.3 is 24.8 Å². The first kappa shape index (κ1) is 22.3. The van der Waals surface area contributed by atoms with Crippen LogP contribution in [0.4, 0.5) is 10.1 Å². The molecule has 2 aliphatic rings. The van der Waals surface area contributed by atoms with Gasteiger partial charge in [-0.05, 0) is 37.3 Å². The van der Waals surface area contributed by atoms with E-state index < -0.39 is 23.7 Å². The minimum absolute atomic E-state index is 0. The van der Waals surface area contributed by atoms with Gasteiger partial charge < -0.3 is 19.6 Å². The third-order valence-corrected chi connectivity index (χ3v) is 4.88. The zero-order chi connectivity index (χ0) is 19.6. The molecule has 6 nitrogen and oxygen atoms in total. The summed E-state index contributed by atoms with van der Waals surface area (Å²) in [6, 6.07) is 4.04. The molecular formula is C20H26FLiN2O4. The van der Waals surface area contributed by atoms with Crippen LogP contribution in [0.1, 0.15) is 33.1 Å². The second-order valence-electron chi connectivity index (χ2n) is 7.45. The molecule has 28 heavy (non-hydrogen) atoms. The number of hydrogen-bond donors (Lipinski definition) is 1. The Morgan fingerprint density at radius 1 is 1.29 bits per heavy atom. The van der Waals surface area contributed by atoms with E-state index in [-0.39, 0.29) is 42.8 Å². The number of carboxylic acid groups (broad SMARTS) is 1. The molecule has 2 aliphatic heterocycles. The molecule has 1 aromatic carbocycles. The molecule has 0 aliphatic carbocycles. The molecule has 148 valence electrons. The van der Waals surface area contributed by atoms with E-state index in [2.05, 4.69) is 0 Å². The van der Waals surface area contributed by atoms with Crippen LogP contribution in [0, 0.1) is 11.7 Å². The second-order valence-corrected chi connectivity index (χ2v) is 7.45. The predicted molar refractivity (Wildman–Crippen MR) is 106 cm³/mol. The van der Waals surface area contributed by atoms with Gasteiger partial charge in [-0.3, -0.25) is 4.79 Å². The van der Waals surface area contributed by atoms with Gasteiger partial charge in [-0.2, -0.15) is 0 Å². The van der Waals surface area contributed by atoms with E-state index in [1.54, 1.807) is 12.1 Å². The number of halogens is 1. The van der Waals surface area contributed by atoms with Crippen molar-refractivity contribution in [2.24, 2.45) is 5.92 Å². The van der Waals surface area contributed by atoms with Gasteiger partial charge in [0.2, 0.25) is 0 Å². The van der Waals surface area contributed by atoms with Crippen LogP contribution in [-0.2, 0) is 9.59 Å². The van der Waals surface area contributed by atoms with Crippen molar-refractivity contribution in [1.29, 1.82) is 0 Å². The SMILES string of the molecule is CC(C)C[C@@H](C(=O)O)N1CC(Oc2cccc(N3CCCC3)c2F)=CC1=O.[LiH]. The fraction of sp³-hybridized carbons (Fsp3) is 0.500. The molecule has 0 spiro atoms. The molecule has 1 amide bonds. The van der Waals surface area contributed by atoms with Crippen molar-refractivity contribution < 1.29 is 23.8 Å². The van der Waals surface area contributed by atoms with Gasteiger partial charge in [0.1, 0.15) is 11.8 Å². The standard InChI is InChI=1S/C20H25FN2O4.Li.H/c1-13(2)10-16(20(25)26)23-12-14(11-18(23)24)27-17-7-5-6-15(19(17)21)22-8-3-4-9-22;;/h5-7,11,13,16H,3-4,8-10,12H2,1-2H3,(H,25,26);;/t16-;;/m0../s1. The monoisotopic (exact) mass is 384 g/mol. The minimum atomic E-state index is -1.05. The van der Waals surface area contributed by atoms with Gasteiger partial charge in [0.25, 0.3) is 5.91 Å². The van der Waals surface area contributed by atoms with E-state index in [9.17, 15) is 19.1 Å². The van der Waals surface area contributed by atoms with Crippen molar-refractivity contribution in [3.8, 4) is 5.75 Å². The third-order valence-electron chi connectivity index (χ3n) is 4.88. The summed E-state index contributed by atoms with van der Waals surface area (Å²) in [5.41, 5.74) is 0.495. The molecule has 0 bridgehead atoms. The van der Waals surface area contributed by atoms with E-state index >= 15 is 0 Å². The van der Waals surface area contributed by atoms with E-state index in [0.717, 1.165) is 25.9 Å². The van der Waals surface area contributed by atoms with E-state index in [1.165, 1.54) is 17.0 Å². The van der Waals surface area contributed by atoms with Crippen LogP contribution in [-0.4, -0.2) is 66.4 Å². The number of carbonyl (C=O) groups excluding carboxylic acids is 1. The van der Waals surface area contributed by atoms with Crippen molar-refractivity contribution in [2.75, 3.05) is 24.5 Å². The number of carbonyl (C=O) groups is 2. The summed E-state index contributed by atoms with van der Waals surface area (Å²) >= 11 is 0. The third kappa shape index (κ3) is 4.89. The van der Waals surface area contributed by atoms with Crippen molar-refractivity contribution in [1.82, 2.24) is 4.90 Å². The molecule has 3 rings (SSSR count). The van der Waals surface area contributed by atoms with E-state index in [1.807, 2.05) is 18.7 Å². The first-order chi connectivity index (χ1) is 12.9. The van der Waals surface area contributed by atoms with E-state index in [4.69, 9.17) is 4.74 Å². The molecule has 1 saturated heterocycles. The second kappa shape index (κ2) is 9.49. The van der Waals surface area contributed by atoms with Crippen LogP contribution >= 0.6 is 0 Å². The molecule has 0 saturated carbocycles. The molecule has 0 aromatic heterocycles.